The number of hydrogen-bond donors (Lipinski definition) is 1. The van der Waals surface area contributed by atoms with Crippen LogP contribution >= 0.6 is 11.8 Å². The van der Waals surface area contributed by atoms with Gasteiger partial charge in [-0.2, -0.15) is 0 Å². The predicted octanol–water partition coefficient (Wildman–Crippen LogP) is 5.89. The highest BCUT2D eigenvalue weighted by Crippen LogP contribution is 2.48. The van der Waals surface area contributed by atoms with Crippen LogP contribution in [0.3, 0.4) is 0 Å². The summed E-state index contributed by atoms with van der Waals surface area (Å²) in [6, 6.07) is 13.6. The van der Waals surface area contributed by atoms with E-state index in [4.69, 9.17) is 23.7 Å². The van der Waals surface area contributed by atoms with Crippen molar-refractivity contribution in [3.8, 4) is 5.75 Å². The molecule has 0 radical (unpaired) electrons. The molecule has 10 nitrogen and oxygen atoms in total. The Morgan fingerprint density at radius 2 is 1.22 bits per heavy atom. The fourth-order valence-corrected chi connectivity index (χ4v) is 6.81. The molecule has 0 aromatic heterocycles. The summed E-state index contributed by atoms with van der Waals surface area (Å²) in [5.41, 5.74) is 1.48. The Kier molecular flexibility index (Phi) is 11.9. The van der Waals surface area contributed by atoms with Gasteiger partial charge in [-0.1, -0.05) is 84.0 Å². The van der Waals surface area contributed by atoms with Crippen molar-refractivity contribution in [2.24, 2.45) is 0 Å². The lowest BCUT2D eigenvalue weighted by atomic mass is 9.78. The number of esters is 4. The summed E-state index contributed by atoms with van der Waals surface area (Å²) >= 11 is 1.30. The molecule has 3 unspecified atom stereocenters. The molecule has 0 aliphatic carbocycles. The maximum absolute atomic E-state index is 12.5. The quantitative estimate of drug-likeness (QED) is 0.255. The van der Waals surface area contributed by atoms with E-state index in [-0.39, 0.29) is 12.4 Å². The van der Waals surface area contributed by atoms with Crippen LogP contribution in [0, 0.1) is 0 Å². The monoisotopic (exact) mass is 658 g/mol. The number of phenolic OH excluding ortho intramolecular Hbond substituents is 1. The summed E-state index contributed by atoms with van der Waals surface area (Å²) in [6.07, 6.45) is -4.79. The van der Waals surface area contributed by atoms with Crippen molar-refractivity contribution in [2.45, 2.75) is 115 Å². The standard InChI is InChI=1S/C35H46O10S/c1-19(36)41-18-27-29(42-20(2)37)30(43-21(3)38)31(44-22(4)39)33(45-27)46-32(23-14-12-11-13-15-23)24-16-25(34(5,6)7)28(40)26(17-24)35(8,9)10/h11-17,27,29-33,40H,18H2,1-10H3/t27?,29-,30?,31?,32+,33-/m0/s1. The molecule has 1 aliphatic rings. The molecule has 2 aromatic carbocycles. The lowest BCUT2D eigenvalue weighted by molar-refractivity contribution is -0.237. The summed E-state index contributed by atoms with van der Waals surface area (Å²) in [5, 5.41) is 11.0. The van der Waals surface area contributed by atoms with Crippen LogP contribution in [0.1, 0.15) is 96.7 Å². The van der Waals surface area contributed by atoms with Gasteiger partial charge < -0.3 is 28.8 Å². The molecule has 0 spiro atoms. The van der Waals surface area contributed by atoms with E-state index in [2.05, 4.69) is 0 Å². The Morgan fingerprint density at radius 3 is 1.67 bits per heavy atom. The van der Waals surface area contributed by atoms with E-state index in [1.54, 1.807) is 0 Å². The van der Waals surface area contributed by atoms with Gasteiger partial charge in [-0.25, -0.2) is 0 Å². The van der Waals surface area contributed by atoms with Crippen molar-refractivity contribution in [3.63, 3.8) is 0 Å². The second-order valence-corrected chi connectivity index (χ2v) is 14.7. The average molecular weight is 659 g/mol. The number of ether oxygens (including phenoxy) is 5. The third-order valence-corrected chi connectivity index (χ3v) is 8.84. The third-order valence-electron chi connectivity index (χ3n) is 7.37. The second kappa shape index (κ2) is 14.9. The first-order valence-electron chi connectivity index (χ1n) is 15.2. The number of aromatic hydroxyl groups is 1. The predicted molar refractivity (Wildman–Crippen MR) is 173 cm³/mol. The maximum Gasteiger partial charge on any atom is 0.303 e. The number of phenols is 1. The lowest BCUT2D eigenvalue weighted by Gasteiger charge is -2.45. The number of rotatable bonds is 9. The van der Waals surface area contributed by atoms with E-state index in [0.717, 1.165) is 22.3 Å². The number of thioether (sulfide) groups is 1. The van der Waals surface area contributed by atoms with Crippen LogP contribution in [-0.4, -0.2) is 65.4 Å². The molecule has 11 heteroatoms. The van der Waals surface area contributed by atoms with E-state index >= 15 is 0 Å². The van der Waals surface area contributed by atoms with Gasteiger partial charge >= 0.3 is 23.9 Å². The highest BCUT2D eigenvalue weighted by atomic mass is 32.2. The third kappa shape index (κ3) is 9.48. The van der Waals surface area contributed by atoms with Crippen LogP contribution in [0.15, 0.2) is 42.5 Å². The lowest BCUT2D eigenvalue weighted by Crippen LogP contribution is -2.61. The van der Waals surface area contributed by atoms with Crippen molar-refractivity contribution in [3.05, 3.63) is 64.7 Å². The Balaban J connectivity index is 2.26. The first-order chi connectivity index (χ1) is 21.3. The molecule has 6 atom stereocenters. The minimum absolute atomic E-state index is 0.229. The zero-order valence-electron chi connectivity index (χ0n) is 28.2. The zero-order chi connectivity index (χ0) is 34.6. The Hall–Kier alpha value is -3.57. The van der Waals surface area contributed by atoms with Crippen molar-refractivity contribution in [1.29, 1.82) is 0 Å². The molecule has 252 valence electrons. The van der Waals surface area contributed by atoms with Gasteiger partial charge in [-0.15, -0.1) is 11.8 Å². The minimum atomic E-state index is -1.27. The Bertz CT molecular complexity index is 1370. The molecule has 46 heavy (non-hydrogen) atoms. The van der Waals surface area contributed by atoms with Gasteiger partial charge in [0.25, 0.3) is 0 Å². The molecule has 1 aliphatic heterocycles. The van der Waals surface area contributed by atoms with Gasteiger partial charge in [0.15, 0.2) is 18.3 Å². The van der Waals surface area contributed by atoms with E-state index < -0.39 is 69.8 Å². The molecule has 0 saturated carbocycles. The van der Waals surface area contributed by atoms with E-state index in [9.17, 15) is 24.3 Å². The molecule has 1 heterocycles. The van der Waals surface area contributed by atoms with Crippen molar-refractivity contribution < 1.29 is 48.0 Å². The fourth-order valence-electron chi connectivity index (χ4n) is 5.36. The topological polar surface area (TPSA) is 135 Å². The van der Waals surface area contributed by atoms with Crippen LogP contribution in [0.4, 0.5) is 0 Å². The average Bonchev–Trinajstić information content (AvgIpc) is 2.92. The summed E-state index contributed by atoms with van der Waals surface area (Å²) < 4.78 is 28.7. The SMILES string of the molecule is CC(=O)OCC1O[C@@H](S[C@H](c2ccccc2)c2cc(C(C)(C)C)c(O)c(C(C)(C)C)c2)C(OC(C)=O)C(OC(C)=O)[C@H]1OC(C)=O. The smallest absolute Gasteiger partial charge is 0.303 e. The number of hydrogen-bond acceptors (Lipinski definition) is 11. The molecular weight excluding hydrogens is 612 g/mol. The van der Waals surface area contributed by atoms with Crippen LogP contribution in [0.25, 0.3) is 0 Å². The van der Waals surface area contributed by atoms with Gasteiger partial charge in [0.05, 0.1) is 5.25 Å². The van der Waals surface area contributed by atoms with Gasteiger partial charge in [0.1, 0.15) is 23.9 Å². The molecule has 3 rings (SSSR count). The van der Waals surface area contributed by atoms with Crippen LogP contribution in [0.5, 0.6) is 5.75 Å². The normalized spacial score (nSPS) is 22.3. The largest absolute Gasteiger partial charge is 0.507 e. The van der Waals surface area contributed by atoms with Gasteiger partial charge in [0.2, 0.25) is 0 Å². The second-order valence-electron chi connectivity index (χ2n) is 13.5. The maximum atomic E-state index is 12.5. The van der Waals surface area contributed by atoms with Crippen molar-refractivity contribution in [2.75, 3.05) is 6.61 Å². The van der Waals surface area contributed by atoms with E-state index in [1.807, 2.05) is 84.0 Å². The Labute approximate surface area is 275 Å². The summed E-state index contributed by atoms with van der Waals surface area (Å²) in [7, 11) is 0. The first kappa shape index (κ1) is 36.9. The molecule has 0 amide bonds. The molecule has 1 saturated heterocycles. The van der Waals surface area contributed by atoms with Gasteiger partial charge in [-0.3, -0.25) is 19.2 Å². The van der Waals surface area contributed by atoms with E-state index in [1.165, 1.54) is 39.5 Å². The summed E-state index contributed by atoms with van der Waals surface area (Å²) in [6.45, 7) is 16.7. The van der Waals surface area contributed by atoms with Crippen molar-refractivity contribution >= 4 is 35.6 Å². The van der Waals surface area contributed by atoms with Crippen LogP contribution in [0.2, 0.25) is 0 Å². The van der Waals surface area contributed by atoms with E-state index in [0.29, 0.717) is 0 Å². The highest BCUT2D eigenvalue weighted by molar-refractivity contribution is 8.00. The minimum Gasteiger partial charge on any atom is -0.507 e. The number of benzene rings is 2. The summed E-state index contributed by atoms with van der Waals surface area (Å²) in [5.74, 6) is -2.41. The summed E-state index contributed by atoms with van der Waals surface area (Å²) in [4.78, 5) is 48.8. The van der Waals surface area contributed by atoms with Gasteiger partial charge in [-0.05, 0) is 33.1 Å². The first-order valence-corrected chi connectivity index (χ1v) is 16.1. The molecular formula is C35H46O10S. The number of carbonyl (C=O) groups is 4. The van der Waals surface area contributed by atoms with Crippen LogP contribution in [-0.2, 0) is 53.7 Å². The number of carbonyl (C=O) groups excluding carboxylic acids is 4. The zero-order valence-corrected chi connectivity index (χ0v) is 29.1. The van der Waals surface area contributed by atoms with Crippen molar-refractivity contribution in [1.82, 2.24) is 0 Å². The molecule has 1 fully saturated rings. The molecule has 1 N–H and O–H groups in total. The van der Waals surface area contributed by atoms with Gasteiger partial charge in [0, 0.05) is 27.7 Å². The Morgan fingerprint density at radius 1 is 0.739 bits per heavy atom. The fraction of sp³-hybridized carbons (Fsp3) is 0.543. The highest BCUT2D eigenvalue weighted by Gasteiger charge is 2.53. The molecule has 0 bridgehead atoms. The molecule has 2 aromatic rings. The van der Waals surface area contributed by atoms with Crippen LogP contribution < -0.4 is 0 Å².